The van der Waals surface area contributed by atoms with Crippen molar-refractivity contribution in [3.05, 3.63) is 33.3 Å². The molecule has 0 aliphatic carbocycles. The second-order valence-electron chi connectivity index (χ2n) is 4.55. The van der Waals surface area contributed by atoms with Crippen molar-refractivity contribution in [1.82, 2.24) is 5.32 Å². The van der Waals surface area contributed by atoms with Crippen molar-refractivity contribution in [2.24, 2.45) is 11.7 Å². The minimum Gasteiger partial charge on any atom is -0.448 e. The maximum absolute atomic E-state index is 12.1. The molecule has 1 rings (SSSR count). The molecule has 6 nitrogen and oxygen atoms in total. The van der Waals surface area contributed by atoms with Crippen LogP contribution in [-0.4, -0.2) is 24.0 Å². The molecule has 0 saturated carbocycles. The summed E-state index contributed by atoms with van der Waals surface area (Å²) in [5.41, 5.74) is 4.99. The van der Waals surface area contributed by atoms with Crippen LogP contribution < -0.4 is 11.1 Å². The van der Waals surface area contributed by atoms with Crippen molar-refractivity contribution in [3.63, 3.8) is 0 Å². The molecule has 1 aromatic rings. The van der Waals surface area contributed by atoms with Crippen LogP contribution in [0.3, 0.4) is 0 Å². The highest BCUT2D eigenvalue weighted by Gasteiger charge is 2.28. The van der Waals surface area contributed by atoms with E-state index in [-0.39, 0.29) is 16.5 Å². The fourth-order valence-electron chi connectivity index (χ4n) is 1.52. The Morgan fingerprint density at radius 3 is 2.48 bits per heavy atom. The van der Waals surface area contributed by atoms with E-state index in [0.29, 0.717) is 4.47 Å². The summed E-state index contributed by atoms with van der Waals surface area (Å²) < 4.78 is 5.77. The third-order valence-electron chi connectivity index (χ3n) is 2.49. The van der Waals surface area contributed by atoms with E-state index < -0.39 is 24.0 Å². The second kappa shape index (κ2) is 7.42. The number of ether oxygens (including phenoxy) is 1. The highest BCUT2D eigenvalue weighted by molar-refractivity contribution is 9.10. The molecule has 0 heterocycles. The molecule has 3 amide bonds. The smallest absolute Gasteiger partial charge is 0.340 e. The van der Waals surface area contributed by atoms with E-state index in [0.717, 1.165) is 0 Å². The van der Waals surface area contributed by atoms with Gasteiger partial charge >= 0.3 is 12.0 Å². The van der Waals surface area contributed by atoms with Gasteiger partial charge in [0, 0.05) is 4.47 Å². The Morgan fingerprint density at radius 1 is 1.33 bits per heavy atom. The minimum absolute atomic E-state index is 0.114. The van der Waals surface area contributed by atoms with Gasteiger partial charge in [-0.1, -0.05) is 41.4 Å². The molecule has 0 aliphatic rings. The largest absolute Gasteiger partial charge is 0.448 e. The number of carbonyl (C=O) groups is 3. The molecule has 0 fully saturated rings. The third kappa shape index (κ3) is 5.02. The van der Waals surface area contributed by atoms with Crippen molar-refractivity contribution in [2.75, 3.05) is 0 Å². The van der Waals surface area contributed by atoms with Gasteiger partial charge in [-0.25, -0.2) is 9.59 Å². The first-order valence-corrected chi connectivity index (χ1v) is 7.15. The molecule has 21 heavy (non-hydrogen) atoms. The van der Waals surface area contributed by atoms with Gasteiger partial charge in [-0.05, 0) is 24.1 Å². The normalized spacial score (nSPS) is 11.9. The van der Waals surface area contributed by atoms with E-state index in [9.17, 15) is 14.4 Å². The zero-order chi connectivity index (χ0) is 16.2. The quantitative estimate of drug-likeness (QED) is 0.787. The molecule has 0 aliphatic heterocycles. The average molecular weight is 378 g/mol. The minimum atomic E-state index is -1.15. The van der Waals surface area contributed by atoms with E-state index in [1.54, 1.807) is 19.9 Å². The fraction of sp³-hybridized carbons (Fsp3) is 0.308. The van der Waals surface area contributed by atoms with Crippen LogP contribution in [0.1, 0.15) is 24.2 Å². The van der Waals surface area contributed by atoms with Gasteiger partial charge in [-0.3, -0.25) is 10.1 Å². The van der Waals surface area contributed by atoms with Crippen LogP contribution in [0.2, 0.25) is 5.02 Å². The molecule has 0 spiro atoms. The fourth-order valence-corrected chi connectivity index (χ4v) is 2.07. The van der Waals surface area contributed by atoms with Crippen LogP contribution >= 0.6 is 27.5 Å². The molecule has 1 atom stereocenters. The van der Waals surface area contributed by atoms with Crippen molar-refractivity contribution < 1.29 is 19.1 Å². The van der Waals surface area contributed by atoms with E-state index in [2.05, 4.69) is 15.9 Å². The lowest BCUT2D eigenvalue weighted by Crippen LogP contribution is -2.45. The zero-order valence-electron chi connectivity index (χ0n) is 11.4. The molecule has 3 N–H and O–H groups in total. The standard InChI is InChI=1S/C13H14BrClN2O4/c1-6(2)10(11(18)17-13(16)20)21-12(19)8-5-7(14)3-4-9(8)15/h3-6,10H,1-2H3,(H3,16,17,18,20)/t10-/m1/s1. The number of nitrogens with two attached hydrogens (primary N) is 1. The van der Waals surface area contributed by atoms with Gasteiger partial charge in [-0.15, -0.1) is 0 Å². The molecule has 114 valence electrons. The van der Waals surface area contributed by atoms with Crippen LogP contribution in [0.5, 0.6) is 0 Å². The molecule has 0 aromatic heterocycles. The van der Waals surface area contributed by atoms with Gasteiger partial charge in [0.05, 0.1) is 10.6 Å². The Kier molecular flexibility index (Phi) is 6.17. The first-order valence-electron chi connectivity index (χ1n) is 5.98. The summed E-state index contributed by atoms with van der Waals surface area (Å²) in [6.07, 6.45) is -1.15. The predicted octanol–water partition coefficient (Wildman–Crippen LogP) is 2.48. The van der Waals surface area contributed by atoms with Crippen LogP contribution in [0.15, 0.2) is 22.7 Å². The zero-order valence-corrected chi connectivity index (χ0v) is 13.7. The lowest BCUT2D eigenvalue weighted by molar-refractivity contribution is -0.130. The molecular formula is C13H14BrClN2O4. The third-order valence-corrected chi connectivity index (χ3v) is 3.32. The summed E-state index contributed by atoms with van der Waals surface area (Å²) in [5, 5.41) is 2.08. The van der Waals surface area contributed by atoms with Gasteiger partial charge in [0.2, 0.25) is 0 Å². The van der Waals surface area contributed by atoms with Crippen LogP contribution in [0, 0.1) is 5.92 Å². The molecule has 1 aromatic carbocycles. The first-order chi connectivity index (χ1) is 9.72. The number of amides is 3. The summed E-state index contributed by atoms with van der Waals surface area (Å²) in [4.78, 5) is 34.6. The number of nitrogens with one attached hydrogen (secondary N) is 1. The Balaban J connectivity index is 2.93. The van der Waals surface area contributed by atoms with Crippen molar-refractivity contribution >= 4 is 45.4 Å². The highest BCUT2D eigenvalue weighted by atomic mass is 79.9. The SMILES string of the molecule is CC(C)[C@@H](OC(=O)c1cc(Br)ccc1Cl)C(=O)NC(N)=O. The summed E-state index contributed by atoms with van der Waals surface area (Å²) in [6.45, 7) is 3.34. The summed E-state index contributed by atoms with van der Waals surface area (Å²) in [7, 11) is 0. The number of esters is 1. The number of halogens is 2. The van der Waals surface area contributed by atoms with Gasteiger partial charge in [0.1, 0.15) is 0 Å². The topological polar surface area (TPSA) is 98.5 Å². The Labute approximate surface area is 135 Å². The number of primary amides is 1. The number of benzene rings is 1. The van der Waals surface area contributed by atoms with Gasteiger partial charge in [0.15, 0.2) is 6.10 Å². The second-order valence-corrected chi connectivity index (χ2v) is 5.87. The number of carbonyl (C=O) groups excluding carboxylic acids is 3. The number of hydrogen-bond acceptors (Lipinski definition) is 4. The Morgan fingerprint density at radius 2 is 1.95 bits per heavy atom. The van der Waals surface area contributed by atoms with E-state index in [1.807, 2.05) is 5.32 Å². The van der Waals surface area contributed by atoms with Gasteiger partial charge < -0.3 is 10.5 Å². The maximum atomic E-state index is 12.1. The van der Waals surface area contributed by atoms with Gasteiger partial charge in [-0.2, -0.15) is 0 Å². The molecule has 0 saturated heterocycles. The Hall–Kier alpha value is -1.60. The van der Waals surface area contributed by atoms with Crippen molar-refractivity contribution in [2.45, 2.75) is 20.0 Å². The summed E-state index contributed by atoms with van der Waals surface area (Å²) in [5.74, 6) is -1.89. The molecular weight excluding hydrogens is 364 g/mol. The number of hydrogen-bond donors (Lipinski definition) is 2. The van der Waals surface area contributed by atoms with Crippen LogP contribution in [0.25, 0.3) is 0 Å². The average Bonchev–Trinajstić information content (AvgIpc) is 2.37. The van der Waals surface area contributed by atoms with Crippen LogP contribution in [-0.2, 0) is 9.53 Å². The lowest BCUT2D eigenvalue weighted by Gasteiger charge is -2.20. The van der Waals surface area contributed by atoms with E-state index in [4.69, 9.17) is 22.1 Å². The summed E-state index contributed by atoms with van der Waals surface area (Å²) in [6, 6.07) is 3.66. The van der Waals surface area contributed by atoms with E-state index in [1.165, 1.54) is 12.1 Å². The molecule has 0 radical (unpaired) electrons. The molecule has 0 unspecified atom stereocenters. The van der Waals surface area contributed by atoms with Gasteiger partial charge in [0.25, 0.3) is 5.91 Å². The first kappa shape index (κ1) is 17.5. The van der Waals surface area contributed by atoms with E-state index >= 15 is 0 Å². The number of urea groups is 1. The van der Waals surface area contributed by atoms with Crippen molar-refractivity contribution in [1.29, 1.82) is 0 Å². The summed E-state index contributed by atoms with van der Waals surface area (Å²) >= 11 is 9.14. The molecule has 0 bridgehead atoms. The number of imide groups is 1. The predicted molar refractivity (Wildman–Crippen MR) is 80.9 cm³/mol. The highest BCUT2D eigenvalue weighted by Crippen LogP contribution is 2.23. The maximum Gasteiger partial charge on any atom is 0.340 e. The monoisotopic (exact) mass is 376 g/mol. The molecule has 8 heteroatoms. The van der Waals surface area contributed by atoms with Crippen LogP contribution in [0.4, 0.5) is 4.79 Å². The Bertz CT molecular complexity index is 577. The number of rotatable bonds is 4. The lowest BCUT2D eigenvalue weighted by atomic mass is 10.1. The van der Waals surface area contributed by atoms with Crippen molar-refractivity contribution in [3.8, 4) is 0 Å².